The monoisotopic (exact) mass is 268 g/mol. The molecule has 2 aliphatic rings. The average molecular weight is 268 g/mol. The van der Waals surface area contributed by atoms with E-state index in [1.165, 1.54) is 6.42 Å². The smallest absolute Gasteiger partial charge is 0.224 e. The summed E-state index contributed by atoms with van der Waals surface area (Å²) in [5.74, 6) is 0.532. The largest absolute Gasteiger partial charge is 0.388 e. The third kappa shape index (κ3) is 3.93. The summed E-state index contributed by atoms with van der Waals surface area (Å²) < 4.78 is 0. The van der Waals surface area contributed by atoms with Crippen LogP contribution in [0, 0.1) is 11.8 Å². The molecule has 0 saturated heterocycles. The van der Waals surface area contributed by atoms with Gasteiger partial charge in [0, 0.05) is 12.6 Å². The van der Waals surface area contributed by atoms with Crippen molar-refractivity contribution < 1.29 is 9.90 Å². The predicted octanol–water partition coefficient (Wildman–Crippen LogP) is 1.56. The normalized spacial score (nSPS) is 39.8. The Morgan fingerprint density at radius 2 is 2.05 bits per heavy atom. The van der Waals surface area contributed by atoms with Gasteiger partial charge in [-0.1, -0.05) is 32.6 Å². The van der Waals surface area contributed by atoms with Gasteiger partial charge in [0.25, 0.3) is 0 Å². The molecule has 0 bridgehead atoms. The summed E-state index contributed by atoms with van der Waals surface area (Å²) in [6.45, 7) is 2.56. The molecule has 4 unspecified atom stereocenters. The van der Waals surface area contributed by atoms with Crippen molar-refractivity contribution >= 4 is 5.91 Å². The summed E-state index contributed by atoms with van der Waals surface area (Å²) in [5, 5.41) is 13.5. The number of hydrogen-bond acceptors (Lipinski definition) is 3. The first-order chi connectivity index (χ1) is 9.00. The Bertz CT molecular complexity index is 321. The Balaban J connectivity index is 1.82. The molecule has 0 aromatic rings. The molecule has 2 saturated carbocycles. The Morgan fingerprint density at radius 3 is 2.74 bits per heavy atom. The summed E-state index contributed by atoms with van der Waals surface area (Å²) in [5.41, 5.74) is 5.32. The van der Waals surface area contributed by atoms with Crippen molar-refractivity contribution in [1.82, 2.24) is 5.32 Å². The molecule has 0 spiro atoms. The van der Waals surface area contributed by atoms with E-state index in [-0.39, 0.29) is 17.9 Å². The third-order valence-electron chi connectivity index (χ3n) is 4.82. The van der Waals surface area contributed by atoms with E-state index >= 15 is 0 Å². The van der Waals surface area contributed by atoms with Gasteiger partial charge in [0.15, 0.2) is 0 Å². The van der Waals surface area contributed by atoms with Gasteiger partial charge in [-0.3, -0.25) is 4.79 Å². The van der Waals surface area contributed by atoms with Crippen LogP contribution in [-0.2, 0) is 4.79 Å². The zero-order chi connectivity index (χ0) is 13.9. The molecule has 2 rings (SSSR count). The van der Waals surface area contributed by atoms with Gasteiger partial charge >= 0.3 is 0 Å². The molecule has 0 aromatic carbocycles. The van der Waals surface area contributed by atoms with Crippen molar-refractivity contribution in [2.45, 2.75) is 69.9 Å². The second kappa shape index (κ2) is 6.23. The second-order valence-corrected chi connectivity index (χ2v) is 6.70. The maximum absolute atomic E-state index is 12.2. The molecule has 1 amide bonds. The molecule has 4 N–H and O–H groups in total. The molecular weight excluding hydrogens is 240 g/mol. The molecule has 0 radical (unpaired) electrons. The first kappa shape index (κ1) is 14.8. The summed E-state index contributed by atoms with van der Waals surface area (Å²) in [6, 6.07) is -0.00586. The van der Waals surface area contributed by atoms with Gasteiger partial charge in [-0.2, -0.15) is 0 Å². The standard InChI is InChI=1S/C15H28N2O2/c1-11-5-4-8-15(19,9-11)10-17-14(18)12-6-2-3-7-13(12)16/h11-13,19H,2-10,16H2,1H3,(H,17,18). The van der Waals surface area contributed by atoms with E-state index in [1.54, 1.807) is 0 Å². The van der Waals surface area contributed by atoms with Crippen molar-refractivity contribution in [1.29, 1.82) is 0 Å². The summed E-state index contributed by atoms with van der Waals surface area (Å²) in [6.07, 6.45) is 7.89. The first-order valence-electron chi connectivity index (χ1n) is 7.76. The van der Waals surface area contributed by atoms with Crippen molar-refractivity contribution in [3.63, 3.8) is 0 Å². The number of carbonyl (C=O) groups excluding carboxylic acids is 1. The molecule has 4 nitrogen and oxygen atoms in total. The van der Waals surface area contributed by atoms with Crippen LogP contribution in [0.2, 0.25) is 0 Å². The minimum atomic E-state index is -0.702. The first-order valence-corrected chi connectivity index (χ1v) is 7.76. The minimum absolute atomic E-state index is 0.00586. The van der Waals surface area contributed by atoms with Gasteiger partial charge < -0.3 is 16.2 Å². The summed E-state index contributed by atoms with van der Waals surface area (Å²) in [7, 11) is 0. The SMILES string of the molecule is CC1CCCC(O)(CNC(=O)C2CCCCC2N)C1. The van der Waals surface area contributed by atoms with Crippen LogP contribution in [0.1, 0.15) is 58.3 Å². The number of nitrogens with two attached hydrogens (primary N) is 1. The highest BCUT2D eigenvalue weighted by Crippen LogP contribution is 2.32. The zero-order valence-corrected chi connectivity index (χ0v) is 12.0. The average Bonchev–Trinajstić information content (AvgIpc) is 2.36. The Hall–Kier alpha value is -0.610. The van der Waals surface area contributed by atoms with Crippen LogP contribution in [0.25, 0.3) is 0 Å². The van der Waals surface area contributed by atoms with Gasteiger partial charge in [-0.25, -0.2) is 0 Å². The number of hydrogen-bond donors (Lipinski definition) is 3. The lowest BCUT2D eigenvalue weighted by atomic mass is 9.78. The number of rotatable bonds is 3. The zero-order valence-electron chi connectivity index (χ0n) is 12.0. The van der Waals surface area contributed by atoms with Crippen molar-refractivity contribution in [2.24, 2.45) is 17.6 Å². The molecule has 2 fully saturated rings. The lowest BCUT2D eigenvalue weighted by Gasteiger charge is -2.36. The van der Waals surface area contributed by atoms with Crippen LogP contribution < -0.4 is 11.1 Å². The molecule has 0 heterocycles. The molecule has 0 aliphatic heterocycles. The van der Waals surface area contributed by atoms with Crippen LogP contribution in [0.15, 0.2) is 0 Å². The summed E-state index contributed by atoms with van der Waals surface area (Å²) >= 11 is 0. The lowest BCUT2D eigenvalue weighted by Crippen LogP contribution is -2.50. The van der Waals surface area contributed by atoms with Crippen LogP contribution >= 0.6 is 0 Å². The predicted molar refractivity (Wildman–Crippen MR) is 75.5 cm³/mol. The van der Waals surface area contributed by atoms with Gasteiger partial charge in [-0.05, 0) is 31.6 Å². The highest BCUT2D eigenvalue weighted by Gasteiger charge is 2.34. The van der Waals surface area contributed by atoms with Crippen molar-refractivity contribution in [3.05, 3.63) is 0 Å². The molecule has 4 heteroatoms. The highest BCUT2D eigenvalue weighted by atomic mass is 16.3. The van der Waals surface area contributed by atoms with Crippen molar-refractivity contribution in [2.75, 3.05) is 6.54 Å². The van der Waals surface area contributed by atoms with Gasteiger partial charge in [0.05, 0.1) is 11.5 Å². The number of amides is 1. The topological polar surface area (TPSA) is 75.3 Å². The van der Waals surface area contributed by atoms with E-state index in [0.717, 1.165) is 44.9 Å². The van der Waals surface area contributed by atoms with E-state index < -0.39 is 5.60 Å². The molecule has 0 aromatic heterocycles. The molecule has 19 heavy (non-hydrogen) atoms. The third-order valence-corrected chi connectivity index (χ3v) is 4.82. The van der Waals surface area contributed by atoms with Crippen LogP contribution in [0.4, 0.5) is 0 Å². The maximum atomic E-state index is 12.2. The maximum Gasteiger partial charge on any atom is 0.224 e. The Kier molecular flexibility index (Phi) is 4.85. The van der Waals surface area contributed by atoms with E-state index in [9.17, 15) is 9.90 Å². The van der Waals surface area contributed by atoms with E-state index in [1.807, 2.05) is 0 Å². The Morgan fingerprint density at radius 1 is 1.32 bits per heavy atom. The quantitative estimate of drug-likeness (QED) is 0.727. The van der Waals surface area contributed by atoms with Crippen LogP contribution in [-0.4, -0.2) is 29.2 Å². The van der Waals surface area contributed by atoms with Gasteiger partial charge in [0.2, 0.25) is 5.91 Å². The minimum Gasteiger partial charge on any atom is -0.388 e. The highest BCUT2D eigenvalue weighted by molar-refractivity contribution is 5.79. The fraction of sp³-hybridized carbons (Fsp3) is 0.933. The molecule has 110 valence electrons. The number of carbonyl (C=O) groups is 1. The molecule has 4 atom stereocenters. The van der Waals surface area contributed by atoms with Gasteiger partial charge in [-0.15, -0.1) is 0 Å². The Labute approximate surface area is 116 Å². The number of nitrogens with one attached hydrogen (secondary N) is 1. The molecular formula is C15H28N2O2. The molecule has 2 aliphatic carbocycles. The van der Waals surface area contributed by atoms with Crippen molar-refractivity contribution in [3.8, 4) is 0 Å². The fourth-order valence-electron chi connectivity index (χ4n) is 3.66. The van der Waals surface area contributed by atoms with Crippen LogP contribution in [0.3, 0.4) is 0 Å². The van der Waals surface area contributed by atoms with E-state index in [0.29, 0.717) is 12.5 Å². The number of aliphatic hydroxyl groups is 1. The fourth-order valence-corrected chi connectivity index (χ4v) is 3.66. The van der Waals surface area contributed by atoms with Crippen LogP contribution in [0.5, 0.6) is 0 Å². The van der Waals surface area contributed by atoms with E-state index in [4.69, 9.17) is 5.73 Å². The summed E-state index contributed by atoms with van der Waals surface area (Å²) in [4.78, 5) is 12.2. The second-order valence-electron chi connectivity index (χ2n) is 6.70. The lowest BCUT2D eigenvalue weighted by molar-refractivity contribution is -0.128. The van der Waals surface area contributed by atoms with Gasteiger partial charge in [0.1, 0.15) is 0 Å². The van der Waals surface area contributed by atoms with E-state index in [2.05, 4.69) is 12.2 Å².